The minimum absolute atomic E-state index is 0.508. The predicted octanol–water partition coefficient (Wildman–Crippen LogP) is 3.42. The Balaban J connectivity index is 1.95. The molecular formula is C12H9N3S2. The Hall–Kier alpha value is -1.59. The highest BCUT2D eigenvalue weighted by Gasteiger charge is 2.04. The van der Waals surface area contributed by atoms with E-state index in [1.54, 1.807) is 0 Å². The summed E-state index contributed by atoms with van der Waals surface area (Å²) in [6, 6.07) is 14.6. The van der Waals surface area contributed by atoms with Gasteiger partial charge in [-0.2, -0.15) is 9.36 Å². The Morgan fingerprint density at radius 3 is 2.65 bits per heavy atom. The lowest BCUT2D eigenvalue weighted by atomic mass is 10.1. The van der Waals surface area contributed by atoms with Crippen molar-refractivity contribution in [2.24, 2.45) is 0 Å². The summed E-state index contributed by atoms with van der Waals surface area (Å²) >= 11 is 2.75. The van der Waals surface area contributed by atoms with Gasteiger partial charge in [-0.05, 0) is 34.7 Å². The molecule has 17 heavy (non-hydrogen) atoms. The Bertz CT molecular complexity index is 663. The minimum atomic E-state index is 0.508. The second-order valence-electron chi connectivity index (χ2n) is 3.53. The first kappa shape index (κ1) is 10.6. The largest absolute Gasteiger partial charge is 0.374 e. The molecule has 3 rings (SSSR count). The summed E-state index contributed by atoms with van der Waals surface area (Å²) in [5.74, 6) is 0. The van der Waals surface area contributed by atoms with Crippen LogP contribution in [0.1, 0.15) is 0 Å². The fraction of sp³-hybridized carbons (Fsp3) is 0. The van der Waals surface area contributed by atoms with Crippen LogP contribution in [0.5, 0.6) is 0 Å². The van der Waals surface area contributed by atoms with Crippen LogP contribution in [0.4, 0.5) is 5.13 Å². The molecule has 0 bridgehead atoms. The fourth-order valence-electron chi connectivity index (χ4n) is 1.60. The monoisotopic (exact) mass is 259 g/mol. The van der Waals surface area contributed by atoms with Crippen molar-refractivity contribution in [3.63, 3.8) is 0 Å². The van der Waals surface area contributed by atoms with Crippen LogP contribution in [0, 0.1) is 0 Å². The quantitative estimate of drug-likeness (QED) is 0.766. The Morgan fingerprint density at radius 1 is 1.06 bits per heavy atom. The fourth-order valence-corrected chi connectivity index (χ4v) is 2.93. The van der Waals surface area contributed by atoms with Gasteiger partial charge in [-0.1, -0.05) is 30.3 Å². The van der Waals surface area contributed by atoms with Crippen molar-refractivity contribution in [2.75, 3.05) is 5.73 Å². The summed E-state index contributed by atoms with van der Waals surface area (Å²) in [7, 11) is 0. The summed E-state index contributed by atoms with van der Waals surface area (Å²) in [5, 5.41) is 3.68. The van der Waals surface area contributed by atoms with Gasteiger partial charge in [0, 0.05) is 16.4 Å². The molecule has 0 fully saturated rings. The lowest BCUT2D eigenvalue weighted by molar-refractivity contribution is 1.08. The van der Waals surface area contributed by atoms with Crippen molar-refractivity contribution in [3.05, 3.63) is 42.5 Å². The van der Waals surface area contributed by atoms with Crippen molar-refractivity contribution in [3.8, 4) is 0 Å². The van der Waals surface area contributed by atoms with E-state index in [0.29, 0.717) is 10.3 Å². The Morgan fingerprint density at radius 2 is 1.88 bits per heavy atom. The molecule has 0 unspecified atom stereocenters. The molecule has 0 aliphatic rings. The summed E-state index contributed by atoms with van der Waals surface area (Å²) in [5.41, 5.74) is 5.55. The second-order valence-corrected chi connectivity index (χ2v) is 5.35. The van der Waals surface area contributed by atoms with E-state index in [9.17, 15) is 0 Å². The summed E-state index contributed by atoms with van der Waals surface area (Å²) in [6.07, 6.45) is 0. The molecule has 0 spiro atoms. The third-order valence-corrected chi connectivity index (χ3v) is 3.87. The molecule has 0 atom stereocenters. The van der Waals surface area contributed by atoms with Gasteiger partial charge in [0.15, 0.2) is 0 Å². The third-order valence-electron chi connectivity index (χ3n) is 2.35. The molecule has 0 saturated carbocycles. The van der Waals surface area contributed by atoms with E-state index in [2.05, 4.69) is 39.7 Å². The molecule has 2 aromatic carbocycles. The molecule has 5 heteroatoms. The number of aromatic nitrogens is 2. The normalized spacial score (nSPS) is 10.8. The van der Waals surface area contributed by atoms with Gasteiger partial charge >= 0.3 is 0 Å². The van der Waals surface area contributed by atoms with Crippen molar-refractivity contribution in [1.29, 1.82) is 0 Å². The first-order valence-electron chi connectivity index (χ1n) is 5.07. The van der Waals surface area contributed by atoms with E-state index in [1.165, 1.54) is 34.1 Å². The second kappa shape index (κ2) is 4.35. The zero-order valence-electron chi connectivity index (χ0n) is 8.83. The molecule has 1 aromatic heterocycles. The van der Waals surface area contributed by atoms with Gasteiger partial charge in [0.2, 0.25) is 10.3 Å². The molecule has 0 amide bonds. The SMILES string of the molecule is Nc1nc(Sc2ccc3ccccc3c2)ns1. The van der Waals surface area contributed by atoms with Crippen LogP contribution in [-0.2, 0) is 0 Å². The van der Waals surface area contributed by atoms with Gasteiger partial charge in [-0.25, -0.2) is 0 Å². The molecule has 0 aliphatic carbocycles. The van der Waals surface area contributed by atoms with Crippen molar-refractivity contribution in [2.45, 2.75) is 10.1 Å². The van der Waals surface area contributed by atoms with Crippen molar-refractivity contribution < 1.29 is 0 Å². The van der Waals surface area contributed by atoms with E-state index in [4.69, 9.17) is 5.73 Å². The van der Waals surface area contributed by atoms with Crippen molar-refractivity contribution in [1.82, 2.24) is 9.36 Å². The van der Waals surface area contributed by atoms with Gasteiger partial charge < -0.3 is 5.73 Å². The minimum Gasteiger partial charge on any atom is -0.374 e. The standard InChI is InChI=1S/C12H9N3S2/c13-11-14-12(15-17-11)16-10-6-5-8-3-1-2-4-9(8)7-10/h1-7H,(H2,13,14,15). The van der Waals surface area contributed by atoms with E-state index in [0.717, 1.165) is 4.90 Å². The lowest BCUT2D eigenvalue weighted by Gasteiger charge is -2.00. The van der Waals surface area contributed by atoms with Crippen LogP contribution in [0.3, 0.4) is 0 Å². The average Bonchev–Trinajstić information content (AvgIpc) is 2.75. The first-order chi connectivity index (χ1) is 8.31. The highest BCUT2D eigenvalue weighted by atomic mass is 32.2. The molecule has 0 aliphatic heterocycles. The van der Waals surface area contributed by atoms with E-state index >= 15 is 0 Å². The maximum Gasteiger partial charge on any atom is 0.206 e. The zero-order chi connectivity index (χ0) is 11.7. The number of fused-ring (bicyclic) bond motifs is 1. The molecule has 1 heterocycles. The number of nitrogens with zero attached hydrogens (tertiary/aromatic N) is 2. The summed E-state index contributed by atoms with van der Waals surface area (Å²) in [4.78, 5) is 5.26. The zero-order valence-corrected chi connectivity index (χ0v) is 10.5. The lowest BCUT2D eigenvalue weighted by Crippen LogP contribution is -1.81. The van der Waals surface area contributed by atoms with Gasteiger partial charge in [-0.3, -0.25) is 0 Å². The van der Waals surface area contributed by atoms with Gasteiger partial charge in [0.05, 0.1) is 0 Å². The van der Waals surface area contributed by atoms with E-state index < -0.39 is 0 Å². The maximum atomic E-state index is 5.55. The van der Waals surface area contributed by atoms with Crippen LogP contribution in [-0.4, -0.2) is 9.36 Å². The summed E-state index contributed by atoms with van der Waals surface area (Å²) < 4.78 is 4.16. The van der Waals surface area contributed by atoms with Crippen LogP contribution in [0.2, 0.25) is 0 Å². The predicted molar refractivity (Wildman–Crippen MR) is 72.4 cm³/mol. The molecular weight excluding hydrogens is 250 g/mol. The number of rotatable bonds is 2. The Labute approximate surface area is 107 Å². The first-order valence-corrected chi connectivity index (χ1v) is 6.66. The van der Waals surface area contributed by atoms with Gasteiger partial charge in [0.25, 0.3) is 0 Å². The maximum absolute atomic E-state index is 5.55. The molecule has 3 nitrogen and oxygen atoms in total. The third kappa shape index (κ3) is 2.25. The average molecular weight is 259 g/mol. The summed E-state index contributed by atoms with van der Waals surface area (Å²) in [6.45, 7) is 0. The Kier molecular flexibility index (Phi) is 2.70. The molecule has 0 saturated heterocycles. The number of nitrogen functional groups attached to an aromatic ring is 1. The number of anilines is 1. The number of hydrogen-bond acceptors (Lipinski definition) is 5. The number of hydrogen-bond donors (Lipinski definition) is 1. The van der Waals surface area contributed by atoms with Gasteiger partial charge in [-0.15, -0.1) is 0 Å². The molecule has 2 N–H and O–H groups in total. The smallest absolute Gasteiger partial charge is 0.206 e. The van der Waals surface area contributed by atoms with Crippen LogP contribution in [0.15, 0.2) is 52.5 Å². The highest BCUT2D eigenvalue weighted by Crippen LogP contribution is 2.29. The van der Waals surface area contributed by atoms with Crippen molar-refractivity contribution >= 4 is 39.2 Å². The number of benzene rings is 2. The molecule has 84 valence electrons. The van der Waals surface area contributed by atoms with E-state index in [1.807, 2.05) is 12.1 Å². The van der Waals surface area contributed by atoms with Crippen LogP contribution >= 0.6 is 23.3 Å². The number of nitrogens with two attached hydrogens (primary N) is 1. The topological polar surface area (TPSA) is 51.8 Å². The molecule has 0 radical (unpaired) electrons. The highest BCUT2D eigenvalue weighted by molar-refractivity contribution is 7.99. The van der Waals surface area contributed by atoms with Crippen LogP contribution < -0.4 is 5.73 Å². The molecule has 3 aromatic rings. The van der Waals surface area contributed by atoms with E-state index in [-0.39, 0.29) is 0 Å². The van der Waals surface area contributed by atoms with Crippen LogP contribution in [0.25, 0.3) is 10.8 Å². The van der Waals surface area contributed by atoms with Gasteiger partial charge in [0.1, 0.15) is 0 Å².